The van der Waals surface area contributed by atoms with Crippen molar-refractivity contribution in [3.8, 4) is 0 Å². The molecule has 116 valence electrons. The first kappa shape index (κ1) is 16.8. The van der Waals surface area contributed by atoms with E-state index in [4.69, 9.17) is 5.11 Å². The average molecular weight is 284 g/mol. The van der Waals surface area contributed by atoms with Crippen molar-refractivity contribution in [2.24, 2.45) is 5.92 Å². The van der Waals surface area contributed by atoms with Crippen LogP contribution in [0, 0.1) is 5.92 Å². The predicted octanol–water partition coefficient (Wildman–Crippen LogP) is 2.85. The summed E-state index contributed by atoms with van der Waals surface area (Å²) < 4.78 is 0. The highest BCUT2D eigenvalue weighted by Gasteiger charge is 2.32. The van der Waals surface area contributed by atoms with Gasteiger partial charge in [0.1, 0.15) is 0 Å². The van der Waals surface area contributed by atoms with Crippen LogP contribution in [0.5, 0.6) is 0 Å². The van der Waals surface area contributed by atoms with E-state index in [2.05, 4.69) is 12.2 Å². The lowest BCUT2D eigenvalue weighted by Gasteiger charge is -2.36. The first-order chi connectivity index (χ1) is 9.45. The average Bonchev–Trinajstić information content (AvgIpc) is 2.38. The Balaban J connectivity index is 2.38. The number of piperidine rings is 1. The van der Waals surface area contributed by atoms with E-state index in [0.717, 1.165) is 12.8 Å². The maximum absolute atomic E-state index is 12.2. The number of carbonyl (C=O) groups is 2. The summed E-state index contributed by atoms with van der Waals surface area (Å²) in [6.07, 6.45) is 5.61. The van der Waals surface area contributed by atoms with Crippen LogP contribution < -0.4 is 5.32 Å². The summed E-state index contributed by atoms with van der Waals surface area (Å²) >= 11 is 0. The smallest absolute Gasteiger partial charge is 0.317 e. The summed E-state index contributed by atoms with van der Waals surface area (Å²) in [6.45, 7) is 6.65. The summed E-state index contributed by atoms with van der Waals surface area (Å²) in [4.78, 5) is 25.0. The number of likely N-dealkylation sites (tertiary alicyclic amines) is 1. The van der Waals surface area contributed by atoms with Gasteiger partial charge in [-0.15, -0.1) is 0 Å². The fourth-order valence-corrected chi connectivity index (χ4v) is 2.76. The summed E-state index contributed by atoms with van der Waals surface area (Å²) in [7, 11) is 0. The van der Waals surface area contributed by atoms with E-state index in [1.165, 1.54) is 12.8 Å². The van der Waals surface area contributed by atoms with Crippen molar-refractivity contribution in [1.29, 1.82) is 0 Å². The topological polar surface area (TPSA) is 69.6 Å². The van der Waals surface area contributed by atoms with Gasteiger partial charge in [-0.05, 0) is 33.1 Å². The van der Waals surface area contributed by atoms with Gasteiger partial charge in [0, 0.05) is 18.6 Å². The third-order valence-corrected chi connectivity index (χ3v) is 4.10. The zero-order chi connectivity index (χ0) is 15.1. The van der Waals surface area contributed by atoms with Crippen LogP contribution in [-0.2, 0) is 4.79 Å². The zero-order valence-electron chi connectivity index (χ0n) is 12.9. The Morgan fingerprint density at radius 1 is 1.40 bits per heavy atom. The number of rotatable bonds is 6. The first-order valence-corrected chi connectivity index (χ1v) is 7.75. The third kappa shape index (κ3) is 5.02. The van der Waals surface area contributed by atoms with E-state index < -0.39 is 5.97 Å². The molecular weight excluding hydrogens is 256 g/mol. The van der Waals surface area contributed by atoms with Crippen LogP contribution in [0.4, 0.5) is 4.79 Å². The van der Waals surface area contributed by atoms with Crippen molar-refractivity contribution in [3.63, 3.8) is 0 Å². The van der Waals surface area contributed by atoms with Gasteiger partial charge in [-0.3, -0.25) is 4.79 Å². The summed E-state index contributed by atoms with van der Waals surface area (Å²) in [6, 6.07) is 0.122. The minimum absolute atomic E-state index is 0.00677. The first-order valence-electron chi connectivity index (χ1n) is 7.75. The number of nitrogens with one attached hydrogen (secondary N) is 1. The molecule has 0 aromatic carbocycles. The Labute approximate surface area is 121 Å². The Morgan fingerprint density at radius 3 is 2.65 bits per heavy atom. The lowest BCUT2D eigenvalue weighted by atomic mass is 9.92. The molecule has 2 amide bonds. The van der Waals surface area contributed by atoms with Gasteiger partial charge >= 0.3 is 12.0 Å². The number of urea groups is 1. The number of hydrogen-bond donors (Lipinski definition) is 2. The Morgan fingerprint density at radius 2 is 2.10 bits per heavy atom. The lowest BCUT2D eigenvalue weighted by Crippen LogP contribution is -2.51. The standard InChI is InChI=1S/C15H28N2O3/c1-4-5-6-7-11(2)16-15(20)17-9-8-13(14(18)19)10-12(17)3/h11-13H,4-10H2,1-3H3,(H,16,20)(H,18,19). The molecule has 0 aromatic rings. The van der Waals surface area contributed by atoms with Crippen molar-refractivity contribution in [2.75, 3.05) is 6.54 Å². The SMILES string of the molecule is CCCCCC(C)NC(=O)N1CCC(C(=O)O)CC1C. The normalized spacial score (nSPS) is 24.2. The van der Waals surface area contributed by atoms with Gasteiger partial charge in [-0.1, -0.05) is 26.2 Å². The Bertz CT molecular complexity index is 333. The highest BCUT2D eigenvalue weighted by Crippen LogP contribution is 2.23. The fourth-order valence-electron chi connectivity index (χ4n) is 2.76. The quantitative estimate of drug-likeness (QED) is 0.737. The zero-order valence-corrected chi connectivity index (χ0v) is 12.9. The molecule has 0 spiro atoms. The molecule has 0 radical (unpaired) electrons. The molecule has 1 heterocycles. The fraction of sp³-hybridized carbons (Fsp3) is 0.867. The molecule has 3 atom stereocenters. The molecule has 1 rings (SSSR count). The van der Waals surface area contributed by atoms with Crippen LogP contribution in [0.15, 0.2) is 0 Å². The van der Waals surface area contributed by atoms with E-state index in [9.17, 15) is 9.59 Å². The number of carbonyl (C=O) groups excluding carboxylic acids is 1. The van der Waals surface area contributed by atoms with Crippen molar-refractivity contribution < 1.29 is 14.7 Å². The molecule has 3 unspecified atom stereocenters. The van der Waals surface area contributed by atoms with Gasteiger partial charge in [-0.2, -0.15) is 0 Å². The van der Waals surface area contributed by atoms with Crippen molar-refractivity contribution in [3.05, 3.63) is 0 Å². The van der Waals surface area contributed by atoms with Gasteiger partial charge in [0.2, 0.25) is 0 Å². The van der Waals surface area contributed by atoms with Crippen molar-refractivity contribution >= 4 is 12.0 Å². The van der Waals surface area contributed by atoms with Crippen molar-refractivity contribution in [1.82, 2.24) is 10.2 Å². The number of hydrogen-bond acceptors (Lipinski definition) is 2. The number of amides is 2. The summed E-state index contributed by atoms with van der Waals surface area (Å²) in [5.41, 5.74) is 0. The molecule has 1 aliphatic heterocycles. The highest BCUT2D eigenvalue weighted by atomic mass is 16.4. The maximum atomic E-state index is 12.2. The molecule has 0 aliphatic carbocycles. The van der Waals surface area contributed by atoms with Crippen LogP contribution in [0.1, 0.15) is 59.3 Å². The van der Waals surface area contributed by atoms with Crippen LogP contribution in [0.25, 0.3) is 0 Å². The van der Waals surface area contributed by atoms with Gasteiger partial charge in [0.15, 0.2) is 0 Å². The maximum Gasteiger partial charge on any atom is 0.317 e. The monoisotopic (exact) mass is 284 g/mol. The molecule has 20 heavy (non-hydrogen) atoms. The molecule has 1 fully saturated rings. The lowest BCUT2D eigenvalue weighted by molar-refractivity contribution is -0.143. The van der Waals surface area contributed by atoms with Gasteiger partial charge in [0.05, 0.1) is 5.92 Å². The third-order valence-electron chi connectivity index (χ3n) is 4.10. The van der Waals surface area contributed by atoms with Crippen molar-refractivity contribution in [2.45, 2.75) is 71.4 Å². The number of aliphatic carboxylic acids is 1. The molecule has 2 N–H and O–H groups in total. The predicted molar refractivity (Wildman–Crippen MR) is 78.7 cm³/mol. The second kappa shape index (κ2) is 8.12. The van der Waals surface area contributed by atoms with E-state index in [-0.39, 0.29) is 24.0 Å². The van der Waals surface area contributed by atoms with Crippen LogP contribution in [0.3, 0.4) is 0 Å². The molecule has 0 aromatic heterocycles. The van der Waals surface area contributed by atoms with E-state index in [0.29, 0.717) is 19.4 Å². The number of carboxylic acids is 1. The number of nitrogens with zero attached hydrogens (tertiary/aromatic N) is 1. The second-order valence-electron chi connectivity index (χ2n) is 5.95. The van der Waals surface area contributed by atoms with Gasteiger partial charge in [0.25, 0.3) is 0 Å². The highest BCUT2D eigenvalue weighted by molar-refractivity contribution is 5.76. The van der Waals surface area contributed by atoms with E-state index in [1.807, 2.05) is 13.8 Å². The Hall–Kier alpha value is -1.26. The Kier molecular flexibility index (Phi) is 6.82. The van der Waals surface area contributed by atoms with Crippen LogP contribution >= 0.6 is 0 Å². The molecule has 1 saturated heterocycles. The largest absolute Gasteiger partial charge is 0.481 e. The van der Waals surface area contributed by atoms with Gasteiger partial charge in [-0.25, -0.2) is 4.79 Å². The molecular formula is C15H28N2O3. The molecule has 1 aliphatic rings. The van der Waals surface area contributed by atoms with E-state index in [1.54, 1.807) is 4.90 Å². The minimum Gasteiger partial charge on any atom is -0.481 e. The molecule has 0 bridgehead atoms. The summed E-state index contributed by atoms with van der Waals surface area (Å²) in [5, 5.41) is 12.1. The summed E-state index contributed by atoms with van der Waals surface area (Å²) in [5.74, 6) is -1.05. The second-order valence-corrected chi connectivity index (χ2v) is 5.95. The molecule has 5 nitrogen and oxygen atoms in total. The van der Waals surface area contributed by atoms with E-state index >= 15 is 0 Å². The minimum atomic E-state index is -0.746. The van der Waals surface area contributed by atoms with Crippen LogP contribution in [0.2, 0.25) is 0 Å². The number of unbranched alkanes of at least 4 members (excludes halogenated alkanes) is 2. The molecule has 0 saturated carbocycles. The van der Waals surface area contributed by atoms with Gasteiger partial charge < -0.3 is 15.3 Å². The number of carboxylic acid groups (broad SMARTS) is 1. The van der Waals surface area contributed by atoms with Crippen LogP contribution in [-0.4, -0.2) is 40.6 Å². The molecule has 5 heteroatoms.